The zero-order chi connectivity index (χ0) is 27.9. The van der Waals surface area contributed by atoms with Crippen LogP contribution in [0.3, 0.4) is 0 Å². The molecule has 0 radical (unpaired) electrons. The van der Waals surface area contributed by atoms with Crippen LogP contribution in [0.25, 0.3) is 55.6 Å². The fourth-order valence-electron chi connectivity index (χ4n) is 5.84. The lowest BCUT2D eigenvalue weighted by molar-refractivity contribution is -0.120. The molecule has 8 nitrogen and oxygen atoms in total. The molecule has 1 aliphatic rings. The molecule has 41 heavy (non-hydrogen) atoms. The maximum Gasteiger partial charge on any atom is 0.227 e. The van der Waals surface area contributed by atoms with Gasteiger partial charge in [0.2, 0.25) is 5.91 Å². The summed E-state index contributed by atoms with van der Waals surface area (Å²) in [5.41, 5.74) is 7.79. The number of hydrogen-bond acceptors (Lipinski definition) is 5. The number of anilines is 1. The van der Waals surface area contributed by atoms with Crippen molar-refractivity contribution in [2.75, 3.05) is 5.32 Å². The molecule has 3 N–H and O–H groups in total. The van der Waals surface area contributed by atoms with Crippen LogP contribution in [-0.2, 0) is 4.79 Å². The highest BCUT2D eigenvalue weighted by molar-refractivity contribution is 6.01. The van der Waals surface area contributed by atoms with E-state index in [2.05, 4.69) is 35.5 Å². The molecule has 1 saturated carbocycles. The maximum absolute atomic E-state index is 14.2. The van der Waals surface area contributed by atoms with Crippen LogP contribution in [0.2, 0.25) is 0 Å². The summed E-state index contributed by atoms with van der Waals surface area (Å²) in [4.78, 5) is 29.6. The number of amides is 1. The molecule has 5 heterocycles. The lowest BCUT2D eigenvalue weighted by atomic mass is 9.88. The van der Waals surface area contributed by atoms with E-state index in [1.54, 1.807) is 31.0 Å². The van der Waals surface area contributed by atoms with Crippen LogP contribution < -0.4 is 5.32 Å². The van der Waals surface area contributed by atoms with Gasteiger partial charge in [0.05, 0.1) is 46.7 Å². The third-order valence-corrected chi connectivity index (χ3v) is 7.88. The maximum atomic E-state index is 14.2. The summed E-state index contributed by atoms with van der Waals surface area (Å²) < 4.78 is 14.2. The minimum atomic E-state index is -0.279. The summed E-state index contributed by atoms with van der Waals surface area (Å²) in [6.45, 7) is 1.88. The highest BCUT2D eigenvalue weighted by Gasteiger charge is 2.21. The Morgan fingerprint density at radius 1 is 0.878 bits per heavy atom. The predicted molar refractivity (Wildman–Crippen MR) is 158 cm³/mol. The van der Waals surface area contributed by atoms with Gasteiger partial charge in [0.25, 0.3) is 0 Å². The van der Waals surface area contributed by atoms with E-state index < -0.39 is 0 Å². The van der Waals surface area contributed by atoms with Crippen LogP contribution in [0.4, 0.5) is 10.1 Å². The number of carbonyl (C=O) groups excluding carboxylic acids is 1. The van der Waals surface area contributed by atoms with Crippen LogP contribution >= 0.6 is 0 Å². The number of aromatic amines is 2. The molecule has 1 aromatic carbocycles. The van der Waals surface area contributed by atoms with Gasteiger partial charge in [0.1, 0.15) is 11.5 Å². The van der Waals surface area contributed by atoms with Gasteiger partial charge < -0.3 is 10.3 Å². The standard InChI is InChI=1S/C32H28FN7O/c1-18-7-20(9-22(33)8-18)26-15-35-16-29-24(26)11-28(38-29)31-25-12-27(36-17-30(25)39-40-31)21-10-23(14-34-13-21)37-32(41)19-5-3-2-4-6-19/h7-17,19,38H,2-6H2,1H3,(H,37,41)(H,39,40). The third-order valence-electron chi connectivity index (χ3n) is 7.88. The number of fused-ring (bicyclic) bond motifs is 2. The van der Waals surface area contributed by atoms with E-state index in [0.717, 1.165) is 86.8 Å². The average Bonchev–Trinajstić information content (AvgIpc) is 3.61. The number of H-pyrrole nitrogens is 2. The van der Waals surface area contributed by atoms with Gasteiger partial charge in [0.15, 0.2) is 0 Å². The Balaban J connectivity index is 1.23. The van der Waals surface area contributed by atoms with Crippen molar-refractivity contribution in [2.45, 2.75) is 39.0 Å². The number of aryl methyl sites for hydroxylation is 1. The predicted octanol–water partition coefficient (Wildman–Crippen LogP) is 7.20. The Bertz CT molecular complexity index is 1900. The summed E-state index contributed by atoms with van der Waals surface area (Å²) in [5, 5.41) is 12.5. The van der Waals surface area contributed by atoms with Crippen molar-refractivity contribution in [3.8, 4) is 33.8 Å². The molecule has 204 valence electrons. The van der Waals surface area contributed by atoms with Gasteiger partial charge in [-0.3, -0.25) is 24.8 Å². The normalized spacial score (nSPS) is 14.1. The number of carbonyl (C=O) groups is 1. The summed E-state index contributed by atoms with van der Waals surface area (Å²) >= 11 is 0. The van der Waals surface area contributed by atoms with Crippen molar-refractivity contribution in [2.24, 2.45) is 5.92 Å². The number of benzene rings is 1. The summed E-state index contributed by atoms with van der Waals surface area (Å²) in [6, 6.07) is 10.9. The summed E-state index contributed by atoms with van der Waals surface area (Å²) in [5.74, 6) is -0.157. The largest absolute Gasteiger partial charge is 0.352 e. The van der Waals surface area contributed by atoms with E-state index >= 15 is 0 Å². The first-order valence-corrected chi connectivity index (χ1v) is 13.9. The molecule has 5 aromatic heterocycles. The number of nitrogens with zero attached hydrogens (tertiary/aromatic N) is 4. The molecule has 6 aromatic rings. The minimum absolute atomic E-state index is 0.0604. The molecule has 7 rings (SSSR count). The molecule has 9 heteroatoms. The number of halogens is 1. The second-order valence-electron chi connectivity index (χ2n) is 10.8. The zero-order valence-electron chi connectivity index (χ0n) is 22.5. The van der Waals surface area contributed by atoms with E-state index in [1.165, 1.54) is 18.6 Å². The van der Waals surface area contributed by atoms with Crippen molar-refractivity contribution >= 4 is 33.4 Å². The average molecular weight is 546 g/mol. The van der Waals surface area contributed by atoms with Crippen LogP contribution in [0.15, 0.2) is 67.4 Å². The van der Waals surface area contributed by atoms with E-state index in [4.69, 9.17) is 0 Å². The first kappa shape index (κ1) is 25.1. The van der Waals surface area contributed by atoms with Gasteiger partial charge in [-0.05, 0) is 61.2 Å². The number of pyridine rings is 3. The molecule has 1 amide bonds. The van der Waals surface area contributed by atoms with Crippen molar-refractivity contribution in [1.82, 2.24) is 30.1 Å². The number of rotatable bonds is 5. The first-order valence-electron chi connectivity index (χ1n) is 13.9. The molecule has 0 bridgehead atoms. The van der Waals surface area contributed by atoms with Gasteiger partial charge in [-0.25, -0.2) is 4.39 Å². The summed E-state index contributed by atoms with van der Waals surface area (Å²) in [6.07, 6.45) is 14.0. The topological polar surface area (TPSA) is 112 Å². The van der Waals surface area contributed by atoms with Crippen LogP contribution in [0.1, 0.15) is 37.7 Å². The zero-order valence-corrected chi connectivity index (χ0v) is 22.5. The molecule has 0 atom stereocenters. The van der Waals surface area contributed by atoms with Crippen LogP contribution in [-0.4, -0.2) is 36.0 Å². The van der Waals surface area contributed by atoms with E-state index in [1.807, 2.05) is 31.2 Å². The first-order chi connectivity index (χ1) is 20.0. The third kappa shape index (κ3) is 4.84. The summed E-state index contributed by atoms with van der Waals surface area (Å²) in [7, 11) is 0. The van der Waals surface area contributed by atoms with E-state index in [-0.39, 0.29) is 17.6 Å². The minimum Gasteiger partial charge on any atom is -0.352 e. The number of aromatic nitrogens is 6. The lowest BCUT2D eigenvalue weighted by Crippen LogP contribution is -2.24. The van der Waals surface area contributed by atoms with Gasteiger partial charge >= 0.3 is 0 Å². The Hall–Kier alpha value is -4.92. The highest BCUT2D eigenvalue weighted by Crippen LogP contribution is 2.35. The molecule has 1 aliphatic carbocycles. The monoisotopic (exact) mass is 545 g/mol. The Kier molecular flexibility index (Phi) is 6.26. The van der Waals surface area contributed by atoms with Crippen molar-refractivity contribution in [3.05, 3.63) is 78.8 Å². The second kappa shape index (κ2) is 10.2. The number of hydrogen-bond donors (Lipinski definition) is 3. The smallest absolute Gasteiger partial charge is 0.227 e. The Morgan fingerprint density at radius 3 is 2.59 bits per heavy atom. The van der Waals surface area contributed by atoms with E-state index in [9.17, 15) is 9.18 Å². The lowest BCUT2D eigenvalue weighted by Gasteiger charge is -2.20. The molecular weight excluding hydrogens is 517 g/mol. The van der Waals surface area contributed by atoms with Crippen molar-refractivity contribution < 1.29 is 9.18 Å². The second-order valence-corrected chi connectivity index (χ2v) is 10.8. The highest BCUT2D eigenvalue weighted by atomic mass is 19.1. The van der Waals surface area contributed by atoms with E-state index in [0.29, 0.717) is 5.69 Å². The van der Waals surface area contributed by atoms with Gasteiger partial charge in [-0.15, -0.1) is 0 Å². The quantitative estimate of drug-likeness (QED) is 0.212. The van der Waals surface area contributed by atoms with Crippen molar-refractivity contribution in [1.29, 1.82) is 0 Å². The van der Waals surface area contributed by atoms with Crippen molar-refractivity contribution in [3.63, 3.8) is 0 Å². The van der Waals surface area contributed by atoms with Crippen LogP contribution in [0.5, 0.6) is 0 Å². The molecule has 0 aliphatic heterocycles. The fraction of sp³-hybridized carbons (Fsp3) is 0.219. The van der Waals surface area contributed by atoms with Gasteiger partial charge in [-0.2, -0.15) is 5.10 Å². The van der Waals surface area contributed by atoms with Gasteiger partial charge in [0, 0.05) is 40.2 Å². The number of nitrogens with one attached hydrogen (secondary N) is 3. The Labute approximate surface area is 235 Å². The molecule has 0 unspecified atom stereocenters. The molecule has 0 spiro atoms. The Morgan fingerprint density at radius 2 is 1.73 bits per heavy atom. The SMILES string of the molecule is Cc1cc(F)cc(-c2cncc3[nH]c(-c4n[nH]c5cnc(-c6cncc(NC(=O)C7CCCCC7)c6)cc45)cc23)c1. The fourth-order valence-corrected chi connectivity index (χ4v) is 5.84. The van der Waals surface area contributed by atoms with Crippen LogP contribution in [0, 0.1) is 18.7 Å². The molecular formula is C32H28FN7O. The van der Waals surface area contributed by atoms with Gasteiger partial charge in [-0.1, -0.05) is 25.3 Å². The molecule has 0 saturated heterocycles. The molecule has 1 fully saturated rings.